The zero-order chi connectivity index (χ0) is 10.7. The SMILES string of the molecule is CC(Nc1cccc(Cl)c1)c1cscn1. The number of benzene rings is 1. The summed E-state index contributed by atoms with van der Waals surface area (Å²) in [4.78, 5) is 4.26. The molecule has 2 aromatic rings. The summed E-state index contributed by atoms with van der Waals surface area (Å²) < 4.78 is 0. The Bertz CT molecular complexity index is 428. The van der Waals surface area contributed by atoms with Crippen LogP contribution < -0.4 is 5.32 Å². The third-order valence-electron chi connectivity index (χ3n) is 2.10. The van der Waals surface area contributed by atoms with Gasteiger partial charge in [0.15, 0.2) is 0 Å². The molecule has 0 aliphatic heterocycles. The van der Waals surface area contributed by atoms with Crippen molar-refractivity contribution >= 4 is 28.6 Å². The summed E-state index contributed by atoms with van der Waals surface area (Å²) in [5, 5.41) is 6.13. The average Bonchev–Trinajstić information content (AvgIpc) is 2.70. The highest BCUT2D eigenvalue weighted by molar-refractivity contribution is 7.07. The Balaban J connectivity index is 2.09. The molecule has 15 heavy (non-hydrogen) atoms. The minimum absolute atomic E-state index is 0.203. The summed E-state index contributed by atoms with van der Waals surface area (Å²) in [6.07, 6.45) is 0. The van der Waals surface area contributed by atoms with Gasteiger partial charge >= 0.3 is 0 Å². The summed E-state index contributed by atoms with van der Waals surface area (Å²) in [6, 6.07) is 7.90. The summed E-state index contributed by atoms with van der Waals surface area (Å²) >= 11 is 7.50. The highest BCUT2D eigenvalue weighted by atomic mass is 35.5. The summed E-state index contributed by atoms with van der Waals surface area (Å²) in [5.74, 6) is 0. The first kappa shape index (κ1) is 10.5. The predicted molar refractivity (Wildman–Crippen MR) is 65.6 cm³/mol. The molecule has 2 rings (SSSR count). The lowest BCUT2D eigenvalue weighted by atomic mass is 10.2. The number of hydrogen-bond donors (Lipinski definition) is 1. The lowest BCUT2D eigenvalue weighted by molar-refractivity contribution is 0.850. The van der Waals surface area contributed by atoms with Crippen LogP contribution in [0.3, 0.4) is 0 Å². The average molecular weight is 239 g/mol. The van der Waals surface area contributed by atoms with Crippen molar-refractivity contribution in [1.29, 1.82) is 0 Å². The second kappa shape index (κ2) is 4.64. The van der Waals surface area contributed by atoms with Crippen molar-refractivity contribution in [2.45, 2.75) is 13.0 Å². The van der Waals surface area contributed by atoms with Crippen molar-refractivity contribution in [2.75, 3.05) is 5.32 Å². The van der Waals surface area contributed by atoms with E-state index in [1.807, 2.05) is 35.2 Å². The summed E-state index contributed by atoms with van der Waals surface area (Å²) in [7, 11) is 0. The Hall–Kier alpha value is -1.06. The van der Waals surface area contributed by atoms with Gasteiger partial charge in [0.25, 0.3) is 0 Å². The fourth-order valence-corrected chi connectivity index (χ4v) is 2.18. The van der Waals surface area contributed by atoms with Gasteiger partial charge in [-0.25, -0.2) is 4.98 Å². The summed E-state index contributed by atoms with van der Waals surface area (Å²) in [5.41, 5.74) is 3.91. The molecule has 1 unspecified atom stereocenters. The second-order valence-corrected chi connectivity index (χ2v) is 4.44. The molecular weight excluding hydrogens is 228 g/mol. The van der Waals surface area contributed by atoms with Crippen molar-refractivity contribution < 1.29 is 0 Å². The molecule has 4 heteroatoms. The van der Waals surface area contributed by atoms with Crippen molar-refractivity contribution in [3.63, 3.8) is 0 Å². The maximum atomic E-state index is 5.90. The number of rotatable bonds is 3. The number of nitrogens with zero attached hydrogens (tertiary/aromatic N) is 1. The van der Waals surface area contributed by atoms with Crippen molar-refractivity contribution in [3.8, 4) is 0 Å². The van der Waals surface area contributed by atoms with Gasteiger partial charge in [-0.05, 0) is 25.1 Å². The molecule has 1 aromatic carbocycles. The molecule has 0 fully saturated rings. The van der Waals surface area contributed by atoms with Crippen LogP contribution in [0.5, 0.6) is 0 Å². The highest BCUT2D eigenvalue weighted by Crippen LogP contribution is 2.21. The first-order valence-electron chi connectivity index (χ1n) is 4.66. The maximum Gasteiger partial charge on any atom is 0.0795 e. The topological polar surface area (TPSA) is 24.9 Å². The Morgan fingerprint density at radius 2 is 2.33 bits per heavy atom. The zero-order valence-corrected chi connectivity index (χ0v) is 9.85. The lowest BCUT2D eigenvalue weighted by Gasteiger charge is -2.12. The highest BCUT2D eigenvalue weighted by Gasteiger charge is 2.06. The van der Waals surface area contributed by atoms with Crippen molar-refractivity contribution in [3.05, 3.63) is 45.9 Å². The minimum atomic E-state index is 0.203. The van der Waals surface area contributed by atoms with Gasteiger partial charge in [-0.2, -0.15) is 0 Å². The van der Waals surface area contributed by atoms with Crippen LogP contribution in [0.1, 0.15) is 18.7 Å². The third-order valence-corrected chi connectivity index (χ3v) is 2.94. The normalized spacial score (nSPS) is 12.4. The van der Waals surface area contributed by atoms with E-state index in [0.717, 1.165) is 16.4 Å². The zero-order valence-electron chi connectivity index (χ0n) is 8.27. The van der Waals surface area contributed by atoms with E-state index in [2.05, 4.69) is 17.2 Å². The van der Waals surface area contributed by atoms with Crippen LogP contribution in [-0.2, 0) is 0 Å². The molecule has 0 aliphatic carbocycles. The lowest BCUT2D eigenvalue weighted by Crippen LogP contribution is -2.06. The van der Waals surface area contributed by atoms with E-state index in [-0.39, 0.29) is 6.04 Å². The van der Waals surface area contributed by atoms with E-state index < -0.39 is 0 Å². The van der Waals surface area contributed by atoms with Crippen LogP contribution in [0.2, 0.25) is 5.02 Å². The minimum Gasteiger partial charge on any atom is -0.377 e. The first-order chi connectivity index (χ1) is 7.25. The van der Waals surface area contributed by atoms with Crippen LogP contribution in [0, 0.1) is 0 Å². The van der Waals surface area contributed by atoms with E-state index in [4.69, 9.17) is 11.6 Å². The Kier molecular flexibility index (Phi) is 3.23. The Morgan fingerprint density at radius 3 is 3.00 bits per heavy atom. The molecule has 1 heterocycles. The fraction of sp³-hybridized carbons (Fsp3) is 0.182. The molecule has 1 atom stereocenters. The number of hydrogen-bond acceptors (Lipinski definition) is 3. The van der Waals surface area contributed by atoms with Gasteiger partial charge in [-0.3, -0.25) is 0 Å². The molecular formula is C11H11ClN2S. The van der Waals surface area contributed by atoms with E-state index >= 15 is 0 Å². The maximum absolute atomic E-state index is 5.90. The molecule has 0 spiro atoms. The smallest absolute Gasteiger partial charge is 0.0795 e. The van der Waals surface area contributed by atoms with Gasteiger partial charge in [0.1, 0.15) is 0 Å². The molecule has 78 valence electrons. The van der Waals surface area contributed by atoms with Gasteiger partial charge < -0.3 is 5.32 Å². The van der Waals surface area contributed by atoms with Gasteiger partial charge in [-0.1, -0.05) is 17.7 Å². The van der Waals surface area contributed by atoms with Crippen LogP contribution in [-0.4, -0.2) is 4.98 Å². The van der Waals surface area contributed by atoms with Gasteiger partial charge in [-0.15, -0.1) is 11.3 Å². The molecule has 0 bridgehead atoms. The predicted octanol–water partition coefficient (Wildman–Crippen LogP) is 3.97. The summed E-state index contributed by atoms with van der Waals surface area (Å²) in [6.45, 7) is 2.08. The number of aromatic nitrogens is 1. The quantitative estimate of drug-likeness (QED) is 0.875. The third kappa shape index (κ3) is 2.70. The van der Waals surface area contributed by atoms with Crippen LogP contribution >= 0.6 is 22.9 Å². The standard InChI is InChI=1S/C11H11ClN2S/c1-8(11-6-15-7-13-11)14-10-4-2-3-9(12)5-10/h2-8,14H,1H3. The number of anilines is 1. The molecule has 0 radical (unpaired) electrons. The number of thiazole rings is 1. The molecule has 0 saturated heterocycles. The van der Waals surface area contributed by atoms with Crippen molar-refractivity contribution in [2.24, 2.45) is 0 Å². The fourth-order valence-electron chi connectivity index (χ4n) is 1.34. The first-order valence-corrected chi connectivity index (χ1v) is 5.98. The van der Waals surface area contributed by atoms with Gasteiger partial charge in [0, 0.05) is 16.1 Å². The molecule has 0 amide bonds. The van der Waals surface area contributed by atoms with E-state index in [9.17, 15) is 0 Å². The molecule has 0 aliphatic rings. The van der Waals surface area contributed by atoms with Crippen LogP contribution in [0.15, 0.2) is 35.2 Å². The van der Waals surface area contributed by atoms with Crippen LogP contribution in [0.4, 0.5) is 5.69 Å². The van der Waals surface area contributed by atoms with Crippen LogP contribution in [0.25, 0.3) is 0 Å². The molecule has 0 saturated carbocycles. The molecule has 1 N–H and O–H groups in total. The van der Waals surface area contributed by atoms with Gasteiger partial charge in [0.05, 0.1) is 17.2 Å². The molecule has 1 aromatic heterocycles. The Labute approximate surface area is 97.9 Å². The monoisotopic (exact) mass is 238 g/mol. The largest absolute Gasteiger partial charge is 0.377 e. The number of nitrogens with one attached hydrogen (secondary N) is 1. The molecule has 2 nitrogen and oxygen atoms in total. The Morgan fingerprint density at radius 1 is 1.47 bits per heavy atom. The second-order valence-electron chi connectivity index (χ2n) is 3.29. The van der Waals surface area contributed by atoms with E-state index in [1.54, 1.807) is 11.3 Å². The van der Waals surface area contributed by atoms with Crippen molar-refractivity contribution in [1.82, 2.24) is 4.98 Å². The van der Waals surface area contributed by atoms with E-state index in [0.29, 0.717) is 0 Å². The van der Waals surface area contributed by atoms with Gasteiger partial charge in [0.2, 0.25) is 0 Å². The number of halogens is 1. The van der Waals surface area contributed by atoms with E-state index in [1.165, 1.54) is 0 Å².